The maximum absolute atomic E-state index is 2.42. The monoisotopic (exact) mass is 196 g/mol. The van der Waals surface area contributed by atoms with Gasteiger partial charge in [-0.2, -0.15) is 0 Å². The van der Waals surface area contributed by atoms with Crippen LogP contribution in [0.2, 0.25) is 0 Å². The summed E-state index contributed by atoms with van der Waals surface area (Å²) in [6.45, 7) is 9.51. The molecule has 14 heavy (non-hydrogen) atoms. The molecule has 0 heteroatoms. The summed E-state index contributed by atoms with van der Waals surface area (Å²) in [6, 6.07) is 0. The second-order valence-corrected chi connectivity index (χ2v) is 5.83. The highest BCUT2D eigenvalue weighted by molar-refractivity contribution is 4.79. The van der Waals surface area contributed by atoms with Crippen LogP contribution in [-0.2, 0) is 0 Å². The van der Waals surface area contributed by atoms with Gasteiger partial charge in [0, 0.05) is 0 Å². The summed E-state index contributed by atoms with van der Waals surface area (Å²) < 4.78 is 0. The van der Waals surface area contributed by atoms with Crippen molar-refractivity contribution in [2.24, 2.45) is 23.7 Å². The van der Waals surface area contributed by atoms with Gasteiger partial charge in [0.05, 0.1) is 0 Å². The average molecular weight is 196 g/mol. The minimum absolute atomic E-state index is 0.893. The molecule has 84 valence electrons. The molecule has 1 saturated carbocycles. The molecule has 1 aliphatic rings. The number of rotatable bonds is 6. The zero-order valence-electron chi connectivity index (χ0n) is 10.6. The summed E-state index contributed by atoms with van der Waals surface area (Å²) >= 11 is 0. The van der Waals surface area contributed by atoms with E-state index >= 15 is 0 Å². The Morgan fingerprint density at radius 1 is 1.07 bits per heavy atom. The predicted molar refractivity (Wildman–Crippen MR) is 64.4 cm³/mol. The van der Waals surface area contributed by atoms with E-state index < -0.39 is 0 Å². The Bertz CT molecular complexity index is 144. The van der Waals surface area contributed by atoms with Crippen LogP contribution in [0.15, 0.2) is 0 Å². The predicted octanol–water partition coefficient (Wildman–Crippen LogP) is 4.89. The van der Waals surface area contributed by atoms with E-state index in [1.54, 1.807) is 0 Å². The first-order valence-corrected chi connectivity index (χ1v) is 6.63. The van der Waals surface area contributed by atoms with Crippen molar-refractivity contribution in [2.45, 2.75) is 66.2 Å². The van der Waals surface area contributed by atoms with Gasteiger partial charge in [-0.1, -0.05) is 53.4 Å². The van der Waals surface area contributed by atoms with E-state index in [9.17, 15) is 0 Å². The average Bonchev–Trinajstić information content (AvgIpc) is 1.99. The van der Waals surface area contributed by atoms with E-state index in [1.807, 2.05) is 0 Å². The van der Waals surface area contributed by atoms with E-state index in [0.717, 1.165) is 23.7 Å². The van der Waals surface area contributed by atoms with Gasteiger partial charge in [0.2, 0.25) is 0 Å². The lowest BCUT2D eigenvalue weighted by Crippen LogP contribution is -2.25. The van der Waals surface area contributed by atoms with Crippen LogP contribution in [0, 0.1) is 23.7 Å². The molecule has 0 aromatic rings. The summed E-state index contributed by atoms with van der Waals surface area (Å²) in [5.41, 5.74) is 0. The smallest absolute Gasteiger partial charge is 0.0381 e. The van der Waals surface area contributed by atoms with Crippen LogP contribution in [0.3, 0.4) is 0 Å². The third kappa shape index (κ3) is 3.63. The van der Waals surface area contributed by atoms with Gasteiger partial charge in [-0.05, 0) is 36.5 Å². The van der Waals surface area contributed by atoms with Crippen molar-refractivity contribution in [2.75, 3.05) is 0 Å². The van der Waals surface area contributed by atoms with Crippen molar-refractivity contribution >= 4 is 0 Å². The Hall–Kier alpha value is 0. The maximum atomic E-state index is 2.42. The molecule has 0 N–H and O–H groups in total. The fraction of sp³-hybridized carbons (Fsp3) is 1.00. The van der Waals surface area contributed by atoms with Crippen molar-refractivity contribution < 1.29 is 0 Å². The second kappa shape index (κ2) is 5.78. The Balaban J connectivity index is 2.35. The molecule has 0 heterocycles. The summed E-state index contributed by atoms with van der Waals surface area (Å²) in [6.07, 6.45) is 8.86. The lowest BCUT2D eigenvalue weighted by molar-refractivity contribution is 0.153. The summed E-state index contributed by atoms with van der Waals surface area (Å²) in [7, 11) is 0. The molecule has 1 rings (SSSR count). The standard InChI is InChI=1S/C14H28/c1-5-12(4)10-14(9-11(2)3)13-7-6-8-13/h11-14H,5-10H2,1-4H3. The van der Waals surface area contributed by atoms with E-state index in [-0.39, 0.29) is 0 Å². The van der Waals surface area contributed by atoms with Crippen molar-refractivity contribution in [3.63, 3.8) is 0 Å². The minimum atomic E-state index is 0.893. The highest BCUT2D eigenvalue weighted by Gasteiger charge is 2.28. The molecule has 0 amide bonds. The Labute approximate surface area is 90.5 Å². The molecule has 0 aromatic heterocycles. The molecule has 1 aliphatic carbocycles. The van der Waals surface area contributed by atoms with Crippen molar-refractivity contribution in [1.29, 1.82) is 0 Å². The van der Waals surface area contributed by atoms with E-state index in [4.69, 9.17) is 0 Å². The Kier molecular flexibility index (Phi) is 4.98. The van der Waals surface area contributed by atoms with Gasteiger partial charge < -0.3 is 0 Å². The molecule has 0 aromatic carbocycles. The van der Waals surface area contributed by atoms with Crippen LogP contribution in [0.1, 0.15) is 66.2 Å². The number of hydrogen-bond acceptors (Lipinski definition) is 0. The Morgan fingerprint density at radius 3 is 2.07 bits per heavy atom. The van der Waals surface area contributed by atoms with Gasteiger partial charge in [-0.25, -0.2) is 0 Å². The van der Waals surface area contributed by atoms with E-state index in [0.29, 0.717) is 0 Å². The van der Waals surface area contributed by atoms with Gasteiger partial charge >= 0.3 is 0 Å². The van der Waals surface area contributed by atoms with E-state index in [1.165, 1.54) is 38.5 Å². The SMILES string of the molecule is CCC(C)CC(CC(C)C)C1CCC1. The first-order chi connectivity index (χ1) is 6.63. The Morgan fingerprint density at radius 2 is 1.71 bits per heavy atom. The first kappa shape index (κ1) is 12.1. The molecular formula is C14H28. The normalized spacial score (nSPS) is 22.1. The van der Waals surface area contributed by atoms with Crippen LogP contribution < -0.4 is 0 Å². The van der Waals surface area contributed by atoms with Crippen molar-refractivity contribution in [1.82, 2.24) is 0 Å². The molecule has 0 aliphatic heterocycles. The minimum Gasteiger partial charge on any atom is -0.0651 e. The largest absolute Gasteiger partial charge is 0.0651 e. The fourth-order valence-electron chi connectivity index (χ4n) is 2.68. The zero-order chi connectivity index (χ0) is 10.6. The third-order valence-corrected chi connectivity index (χ3v) is 3.99. The van der Waals surface area contributed by atoms with Gasteiger partial charge in [0.1, 0.15) is 0 Å². The molecule has 2 atom stereocenters. The molecule has 2 unspecified atom stereocenters. The summed E-state index contributed by atoms with van der Waals surface area (Å²) in [4.78, 5) is 0. The fourth-order valence-corrected chi connectivity index (χ4v) is 2.68. The molecule has 0 radical (unpaired) electrons. The lowest BCUT2D eigenvalue weighted by Gasteiger charge is -2.36. The van der Waals surface area contributed by atoms with Crippen molar-refractivity contribution in [3.05, 3.63) is 0 Å². The van der Waals surface area contributed by atoms with E-state index in [2.05, 4.69) is 27.7 Å². The van der Waals surface area contributed by atoms with Crippen LogP contribution in [0.5, 0.6) is 0 Å². The van der Waals surface area contributed by atoms with Crippen LogP contribution in [-0.4, -0.2) is 0 Å². The van der Waals surface area contributed by atoms with Gasteiger partial charge in [0.15, 0.2) is 0 Å². The maximum Gasteiger partial charge on any atom is -0.0381 e. The third-order valence-electron chi connectivity index (χ3n) is 3.99. The molecule has 0 nitrogen and oxygen atoms in total. The highest BCUT2D eigenvalue weighted by atomic mass is 14.3. The van der Waals surface area contributed by atoms with Gasteiger partial charge in [-0.15, -0.1) is 0 Å². The second-order valence-electron chi connectivity index (χ2n) is 5.83. The molecule has 1 fully saturated rings. The quantitative estimate of drug-likeness (QED) is 0.567. The summed E-state index contributed by atoms with van der Waals surface area (Å²) in [5, 5.41) is 0. The first-order valence-electron chi connectivity index (χ1n) is 6.63. The highest BCUT2D eigenvalue weighted by Crippen LogP contribution is 2.40. The zero-order valence-corrected chi connectivity index (χ0v) is 10.6. The van der Waals surface area contributed by atoms with Crippen LogP contribution >= 0.6 is 0 Å². The molecular weight excluding hydrogens is 168 g/mol. The number of hydrogen-bond donors (Lipinski definition) is 0. The van der Waals surface area contributed by atoms with Gasteiger partial charge in [-0.3, -0.25) is 0 Å². The molecule has 0 saturated heterocycles. The molecule has 0 bridgehead atoms. The molecule has 0 spiro atoms. The lowest BCUT2D eigenvalue weighted by atomic mass is 9.70. The van der Waals surface area contributed by atoms with Crippen molar-refractivity contribution in [3.8, 4) is 0 Å². The van der Waals surface area contributed by atoms with Crippen LogP contribution in [0.4, 0.5) is 0 Å². The van der Waals surface area contributed by atoms with Gasteiger partial charge in [0.25, 0.3) is 0 Å². The topological polar surface area (TPSA) is 0 Å². The van der Waals surface area contributed by atoms with Crippen LogP contribution in [0.25, 0.3) is 0 Å². The summed E-state index contributed by atoms with van der Waals surface area (Å²) in [5.74, 6) is 3.97.